The third-order valence-corrected chi connectivity index (χ3v) is 2.07. The summed E-state index contributed by atoms with van der Waals surface area (Å²) < 4.78 is 0. The van der Waals surface area contributed by atoms with Crippen molar-refractivity contribution in [3.05, 3.63) is 18.3 Å². The molecule has 84 valence electrons. The van der Waals surface area contributed by atoms with Gasteiger partial charge < -0.3 is 16.2 Å². The average Bonchev–Trinajstić information content (AvgIpc) is 2.14. The van der Waals surface area contributed by atoms with Crippen LogP contribution in [0.25, 0.3) is 0 Å². The second-order valence-electron chi connectivity index (χ2n) is 4.13. The smallest absolute Gasteiger partial charge is 0.125 e. The largest absolute Gasteiger partial charge is 0.391 e. The van der Waals surface area contributed by atoms with E-state index in [1.807, 2.05) is 6.07 Å². The number of nitrogen functional groups attached to an aromatic ring is 1. The zero-order valence-electron chi connectivity index (χ0n) is 9.27. The maximum atomic E-state index is 9.64. The SMILES string of the molecule is CC(C)CC(O)CNc1ccnc(N)c1. The van der Waals surface area contributed by atoms with E-state index in [0.29, 0.717) is 18.3 Å². The molecule has 1 aromatic heterocycles. The Morgan fingerprint density at radius 2 is 2.27 bits per heavy atom. The van der Waals surface area contributed by atoms with Gasteiger partial charge in [0.15, 0.2) is 0 Å². The molecule has 0 saturated carbocycles. The molecule has 0 aliphatic carbocycles. The number of rotatable bonds is 5. The van der Waals surface area contributed by atoms with Crippen LogP contribution in [-0.2, 0) is 0 Å². The van der Waals surface area contributed by atoms with Gasteiger partial charge >= 0.3 is 0 Å². The molecule has 0 saturated heterocycles. The van der Waals surface area contributed by atoms with Crippen LogP contribution in [0.15, 0.2) is 18.3 Å². The van der Waals surface area contributed by atoms with Crippen LogP contribution in [0.2, 0.25) is 0 Å². The molecular formula is C11H19N3O. The van der Waals surface area contributed by atoms with Crippen LogP contribution in [0.1, 0.15) is 20.3 Å². The third kappa shape index (κ3) is 4.65. The van der Waals surface area contributed by atoms with Crippen molar-refractivity contribution < 1.29 is 5.11 Å². The van der Waals surface area contributed by atoms with Gasteiger partial charge in [-0.3, -0.25) is 0 Å². The molecule has 1 heterocycles. The highest BCUT2D eigenvalue weighted by Crippen LogP contribution is 2.10. The molecule has 0 fully saturated rings. The summed E-state index contributed by atoms with van der Waals surface area (Å²) in [6.45, 7) is 4.73. The Balaban J connectivity index is 2.36. The Morgan fingerprint density at radius 3 is 2.87 bits per heavy atom. The topological polar surface area (TPSA) is 71.2 Å². The molecule has 0 amide bonds. The van der Waals surface area contributed by atoms with Gasteiger partial charge in [0.2, 0.25) is 0 Å². The lowest BCUT2D eigenvalue weighted by molar-refractivity contribution is 0.161. The van der Waals surface area contributed by atoms with Gasteiger partial charge in [-0.15, -0.1) is 0 Å². The van der Waals surface area contributed by atoms with Crippen molar-refractivity contribution in [2.45, 2.75) is 26.4 Å². The highest BCUT2D eigenvalue weighted by Gasteiger charge is 2.06. The van der Waals surface area contributed by atoms with Gasteiger partial charge in [-0.05, 0) is 18.4 Å². The number of nitrogens with two attached hydrogens (primary N) is 1. The summed E-state index contributed by atoms with van der Waals surface area (Å²) in [5.74, 6) is 0.989. The fraction of sp³-hybridized carbons (Fsp3) is 0.545. The zero-order chi connectivity index (χ0) is 11.3. The molecule has 4 nitrogen and oxygen atoms in total. The van der Waals surface area contributed by atoms with Gasteiger partial charge in [-0.1, -0.05) is 13.8 Å². The van der Waals surface area contributed by atoms with E-state index in [2.05, 4.69) is 24.1 Å². The fourth-order valence-corrected chi connectivity index (χ4v) is 1.42. The molecule has 1 rings (SSSR count). The Labute approximate surface area is 90.5 Å². The number of nitrogens with one attached hydrogen (secondary N) is 1. The first-order valence-corrected chi connectivity index (χ1v) is 5.21. The summed E-state index contributed by atoms with van der Waals surface area (Å²) in [6.07, 6.45) is 2.12. The van der Waals surface area contributed by atoms with Crippen LogP contribution < -0.4 is 11.1 Å². The number of nitrogens with zero attached hydrogens (tertiary/aromatic N) is 1. The monoisotopic (exact) mass is 209 g/mol. The standard InChI is InChI=1S/C11H19N3O/c1-8(2)5-10(15)7-14-9-3-4-13-11(12)6-9/h3-4,6,8,10,15H,5,7H2,1-2H3,(H3,12,13,14). The highest BCUT2D eigenvalue weighted by molar-refractivity contribution is 5.49. The van der Waals surface area contributed by atoms with E-state index >= 15 is 0 Å². The minimum atomic E-state index is -0.320. The van der Waals surface area contributed by atoms with E-state index in [1.54, 1.807) is 12.3 Å². The molecular weight excluding hydrogens is 190 g/mol. The first-order valence-electron chi connectivity index (χ1n) is 5.21. The average molecular weight is 209 g/mol. The first kappa shape index (κ1) is 11.8. The number of hydrogen-bond acceptors (Lipinski definition) is 4. The van der Waals surface area contributed by atoms with Crippen LogP contribution >= 0.6 is 0 Å². The van der Waals surface area contributed by atoms with Crippen LogP contribution in [0.4, 0.5) is 11.5 Å². The molecule has 0 aromatic carbocycles. The van der Waals surface area contributed by atoms with Crippen LogP contribution in [-0.4, -0.2) is 22.7 Å². The maximum absolute atomic E-state index is 9.64. The minimum absolute atomic E-state index is 0.320. The number of aliphatic hydroxyl groups is 1. The summed E-state index contributed by atoms with van der Waals surface area (Å²) in [5.41, 5.74) is 6.43. The van der Waals surface area contributed by atoms with Crippen LogP contribution in [0, 0.1) is 5.92 Å². The lowest BCUT2D eigenvalue weighted by Crippen LogP contribution is -2.21. The third-order valence-electron chi connectivity index (χ3n) is 2.07. The van der Waals surface area contributed by atoms with E-state index in [0.717, 1.165) is 12.1 Å². The summed E-state index contributed by atoms with van der Waals surface area (Å²) in [7, 11) is 0. The van der Waals surface area contributed by atoms with Crippen LogP contribution in [0.5, 0.6) is 0 Å². The molecule has 4 heteroatoms. The molecule has 0 aliphatic heterocycles. The van der Waals surface area contributed by atoms with Gasteiger partial charge in [-0.25, -0.2) is 4.98 Å². The maximum Gasteiger partial charge on any atom is 0.125 e. The lowest BCUT2D eigenvalue weighted by atomic mass is 10.1. The Bertz CT molecular complexity index is 302. The predicted octanol–water partition coefficient (Wildman–Crippen LogP) is 1.48. The van der Waals surface area contributed by atoms with Gasteiger partial charge in [0.1, 0.15) is 5.82 Å². The van der Waals surface area contributed by atoms with Crippen LogP contribution in [0.3, 0.4) is 0 Å². The molecule has 4 N–H and O–H groups in total. The normalized spacial score (nSPS) is 12.8. The minimum Gasteiger partial charge on any atom is -0.391 e. The molecule has 1 atom stereocenters. The molecule has 0 aliphatic rings. The predicted molar refractivity (Wildman–Crippen MR) is 62.6 cm³/mol. The number of pyridine rings is 1. The summed E-state index contributed by atoms with van der Waals surface area (Å²) in [5, 5.41) is 12.8. The van der Waals surface area contributed by atoms with Crippen molar-refractivity contribution in [1.82, 2.24) is 4.98 Å². The van der Waals surface area contributed by atoms with E-state index in [9.17, 15) is 5.11 Å². The van der Waals surface area contributed by atoms with E-state index in [1.165, 1.54) is 0 Å². The molecule has 15 heavy (non-hydrogen) atoms. The molecule has 1 unspecified atom stereocenters. The lowest BCUT2D eigenvalue weighted by Gasteiger charge is -2.14. The van der Waals surface area contributed by atoms with Crippen molar-refractivity contribution in [3.63, 3.8) is 0 Å². The Kier molecular flexibility index (Phi) is 4.37. The van der Waals surface area contributed by atoms with E-state index in [4.69, 9.17) is 5.73 Å². The molecule has 0 bridgehead atoms. The zero-order valence-corrected chi connectivity index (χ0v) is 9.27. The van der Waals surface area contributed by atoms with Gasteiger partial charge in [0.05, 0.1) is 6.10 Å². The van der Waals surface area contributed by atoms with Crippen molar-refractivity contribution >= 4 is 11.5 Å². The van der Waals surface area contributed by atoms with Crippen molar-refractivity contribution in [3.8, 4) is 0 Å². The highest BCUT2D eigenvalue weighted by atomic mass is 16.3. The quantitative estimate of drug-likeness (QED) is 0.687. The summed E-state index contributed by atoms with van der Waals surface area (Å²) >= 11 is 0. The number of aromatic nitrogens is 1. The molecule has 0 spiro atoms. The summed E-state index contributed by atoms with van der Waals surface area (Å²) in [6, 6.07) is 3.58. The molecule has 0 radical (unpaired) electrons. The van der Waals surface area contributed by atoms with Gasteiger partial charge in [-0.2, -0.15) is 0 Å². The van der Waals surface area contributed by atoms with Gasteiger partial charge in [0, 0.05) is 24.5 Å². The van der Waals surface area contributed by atoms with Gasteiger partial charge in [0.25, 0.3) is 0 Å². The van der Waals surface area contributed by atoms with E-state index in [-0.39, 0.29) is 6.10 Å². The van der Waals surface area contributed by atoms with Crippen molar-refractivity contribution in [2.75, 3.05) is 17.6 Å². The fourth-order valence-electron chi connectivity index (χ4n) is 1.42. The second kappa shape index (κ2) is 5.56. The van der Waals surface area contributed by atoms with Crippen molar-refractivity contribution in [2.24, 2.45) is 5.92 Å². The van der Waals surface area contributed by atoms with Crippen molar-refractivity contribution in [1.29, 1.82) is 0 Å². The van der Waals surface area contributed by atoms with E-state index < -0.39 is 0 Å². The molecule has 1 aromatic rings. The second-order valence-corrected chi connectivity index (χ2v) is 4.13. The Hall–Kier alpha value is -1.29. The number of anilines is 2. The first-order chi connectivity index (χ1) is 7.08. The summed E-state index contributed by atoms with van der Waals surface area (Å²) in [4.78, 5) is 3.89. The number of hydrogen-bond donors (Lipinski definition) is 3. The number of aliphatic hydroxyl groups excluding tert-OH is 1. The Morgan fingerprint density at radius 1 is 1.53 bits per heavy atom.